The number of benzene rings is 6. The van der Waals surface area contributed by atoms with Crippen molar-refractivity contribution < 1.29 is 0 Å². The van der Waals surface area contributed by atoms with Crippen LogP contribution in [0.15, 0.2) is 121 Å². The van der Waals surface area contributed by atoms with Crippen molar-refractivity contribution in [3.63, 3.8) is 0 Å². The van der Waals surface area contributed by atoms with Crippen LogP contribution in [0.2, 0.25) is 0 Å². The number of nitrogens with zero attached hydrogens (tertiary/aromatic N) is 3. The molecule has 0 unspecified atom stereocenters. The molecule has 10 aromatic rings. The fourth-order valence-electron chi connectivity index (χ4n) is 7.95. The molecule has 0 saturated heterocycles. The van der Waals surface area contributed by atoms with Gasteiger partial charge in [0.2, 0.25) is 5.95 Å². The van der Waals surface area contributed by atoms with Crippen LogP contribution in [0.4, 0.5) is 0 Å². The molecule has 47 heavy (non-hydrogen) atoms. The first-order valence-corrected chi connectivity index (χ1v) is 17.0. The predicted molar refractivity (Wildman–Crippen MR) is 199 cm³/mol. The van der Waals surface area contributed by atoms with Crippen LogP contribution in [0.1, 0.15) is 17.7 Å². The molecule has 1 N–H and O–H groups in total. The molecule has 0 spiro atoms. The summed E-state index contributed by atoms with van der Waals surface area (Å²) < 4.78 is 4.95. The third-order valence-corrected chi connectivity index (χ3v) is 11.1. The maximum Gasteiger partial charge on any atom is 0.235 e. The number of hydrogen-bond donors (Lipinski definition) is 1. The standard InChI is InChI=1S/C42H26N4S/c1-2-10-25(11-3-1)41-27-13-4-7-15-31(27)44-42(45-41)46-34-16-8-5-14-28(34)40-35(46)21-19-24-18-20-32-39(38(24)40)30-22-29-26-12-6-9-17-36(26)47-37(29)23-33(30)43-32/h1-4,6-13,15-23,43H,5,14H2. The number of para-hydroxylation sites is 1. The molecular formula is C42H26N4S. The molecule has 11 rings (SSSR count). The van der Waals surface area contributed by atoms with Crippen molar-refractivity contribution in [2.24, 2.45) is 0 Å². The second kappa shape index (κ2) is 9.38. The number of nitrogens with one attached hydrogen (secondary N) is 1. The molecule has 0 saturated carbocycles. The van der Waals surface area contributed by atoms with Crippen molar-refractivity contribution in [3.8, 4) is 17.2 Å². The Kier molecular flexibility index (Phi) is 5.07. The van der Waals surface area contributed by atoms with Gasteiger partial charge in [-0.25, -0.2) is 9.97 Å². The Morgan fingerprint density at radius 2 is 1.47 bits per heavy atom. The molecule has 5 heteroatoms. The maximum atomic E-state index is 5.32. The molecule has 0 radical (unpaired) electrons. The number of aromatic amines is 1. The van der Waals surface area contributed by atoms with E-state index in [-0.39, 0.29) is 0 Å². The summed E-state index contributed by atoms with van der Waals surface area (Å²) >= 11 is 1.87. The highest BCUT2D eigenvalue weighted by molar-refractivity contribution is 7.25. The van der Waals surface area contributed by atoms with E-state index < -0.39 is 0 Å². The first-order valence-electron chi connectivity index (χ1n) is 16.1. The molecule has 1 aliphatic rings. The van der Waals surface area contributed by atoms with E-state index in [1.807, 2.05) is 11.3 Å². The van der Waals surface area contributed by atoms with E-state index in [1.54, 1.807) is 0 Å². The second-order valence-electron chi connectivity index (χ2n) is 12.6. The molecule has 220 valence electrons. The quantitative estimate of drug-likeness (QED) is 0.209. The van der Waals surface area contributed by atoms with Gasteiger partial charge in [0.1, 0.15) is 0 Å². The van der Waals surface area contributed by atoms with Gasteiger partial charge in [-0.15, -0.1) is 11.3 Å². The van der Waals surface area contributed by atoms with Gasteiger partial charge >= 0.3 is 0 Å². The molecule has 0 aliphatic heterocycles. The van der Waals surface area contributed by atoms with E-state index in [1.165, 1.54) is 69.4 Å². The van der Waals surface area contributed by atoms with Gasteiger partial charge in [0.15, 0.2) is 0 Å². The average molecular weight is 619 g/mol. The highest BCUT2D eigenvalue weighted by Gasteiger charge is 2.24. The van der Waals surface area contributed by atoms with Crippen LogP contribution in [-0.4, -0.2) is 19.5 Å². The number of hydrogen-bond acceptors (Lipinski definition) is 3. The number of rotatable bonds is 2. The summed E-state index contributed by atoms with van der Waals surface area (Å²) in [5.41, 5.74) is 9.03. The minimum atomic E-state index is 0.706. The molecule has 1 aliphatic carbocycles. The normalized spacial score (nSPS) is 13.3. The van der Waals surface area contributed by atoms with Crippen LogP contribution in [-0.2, 0) is 6.42 Å². The summed E-state index contributed by atoms with van der Waals surface area (Å²) in [6, 6.07) is 41.4. The lowest BCUT2D eigenvalue weighted by molar-refractivity contribution is 0.929. The largest absolute Gasteiger partial charge is 0.354 e. The fourth-order valence-corrected chi connectivity index (χ4v) is 9.08. The summed E-state index contributed by atoms with van der Waals surface area (Å²) in [4.78, 5) is 14.3. The Morgan fingerprint density at radius 1 is 0.638 bits per heavy atom. The lowest BCUT2D eigenvalue weighted by atomic mass is 9.94. The van der Waals surface area contributed by atoms with Gasteiger partial charge in [-0.3, -0.25) is 4.57 Å². The van der Waals surface area contributed by atoms with Crippen LogP contribution >= 0.6 is 11.3 Å². The molecule has 4 nitrogen and oxygen atoms in total. The SMILES string of the molecule is C1=Cc2c(c3c4c(ccc5[nH]c6cc7sc8ccccc8c7cc6c54)ccc3n2-c2nc(-c3ccccc3)c3ccccc3n2)CC1. The highest BCUT2D eigenvalue weighted by Crippen LogP contribution is 2.44. The minimum absolute atomic E-state index is 0.706. The van der Waals surface area contributed by atoms with Gasteiger partial charge in [-0.1, -0.05) is 84.9 Å². The number of aromatic nitrogens is 4. The number of aryl methyl sites for hydroxylation is 1. The first kappa shape index (κ1) is 25.4. The predicted octanol–water partition coefficient (Wildman–Crippen LogP) is 11.4. The van der Waals surface area contributed by atoms with E-state index in [0.717, 1.165) is 40.5 Å². The summed E-state index contributed by atoms with van der Waals surface area (Å²) in [7, 11) is 0. The van der Waals surface area contributed by atoms with Crippen LogP contribution in [0.3, 0.4) is 0 Å². The van der Waals surface area contributed by atoms with Crippen molar-refractivity contribution >= 4 is 92.0 Å². The molecule has 4 aromatic heterocycles. The lowest BCUT2D eigenvalue weighted by Crippen LogP contribution is -2.06. The van der Waals surface area contributed by atoms with E-state index in [0.29, 0.717) is 5.95 Å². The molecule has 0 atom stereocenters. The Labute approximate surface area is 273 Å². The molecule has 0 fully saturated rings. The number of H-pyrrole nitrogens is 1. The van der Waals surface area contributed by atoms with Gasteiger partial charge in [0, 0.05) is 63.7 Å². The zero-order valence-electron chi connectivity index (χ0n) is 25.3. The maximum absolute atomic E-state index is 5.32. The highest BCUT2D eigenvalue weighted by atomic mass is 32.1. The van der Waals surface area contributed by atoms with Crippen LogP contribution < -0.4 is 0 Å². The van der Waals surface area contributed by atoms with Crippen molar-refractivity contribution in [1.82, 2.24) is 19.5 Å². The van der Waals surface area contributed by atoms with Gasteiger partial charge in [-0.2, -0.15) is 0 Å². The Hall–Kier alpha value is -5.78. The van der Waals surface area contributed by atoms with Crippen molar-refractivity contribution in [1.29, 1.82) is 0 Å². The van der Waals surface area contributed by atoms with Crippen molar-refractivity contribution in [3.05, 3.63) is 133 Å². The van der Waals surface area contributed by atoms with Crippen LogP contribution in [0.5, 0.6) is 0 Å². The summed E-state index contributed by atoms with van der Waals surface area (Å²) in [5, 5.41) is 10.1. The van der Waals surface area contributed by atoms with E-state index in [4.69, 9.17) is 9.97 Å². The molecule has 6 aromatic carbocycles. The summed E-state index contributed by atoms with van der Waals surface area (Å²) in [6.45, 7) is 0. The third-order valence-electron chi connectivity index (χ3n) is 9.99. The van der Waals surface area contributed by atoms with Gasteiger partial charge in [0.05, 0.1) is 22.4 Å². The number of fused-ring (bicyclic) bond motifs is 13. The Bertz CT molecular complexity index is 2960. The summed E-state index contributed by atoms with van der Waals surface area (Å²) in [5.74, 6) is 0.706. The van der Waals surface area contributed by atoms with E-state index in [9.17, 15) is 0 Å². The lowest BCUT2D eigenvalue weighted by Gasteiger charge is -2.13. The van der Waals surface area contributed by atoms with E-state index in [2.05, 4.69) is 137 Å². The van der Waals surface area contributed by atoms with Gasteiger partial charge in [-0.05, 0) is 66.3 Å². The average Bonchev–Trinajstić information content (AvgIpc) is 3.79. The summed E-state index contributed by atoms with van der Waals surface area (Å²) in [6.07, 6.45) is 6.56. The van der Waals surface area contributed by atoms with Crippen LogP contribution in [0, 0.1) is 0 Å². The molecule has 0 bridgehead atoms. The fraction of sp³-hybridized carbons (Fsp3) is 0.0476. The Morgan fingerprint density at radius 3 is 2.40 bits per heavy atom. The minimum Gasteiger partial charge on any atom is -0.354 e. The monoisotopic (exact) mass is 618 g/mol. The van der Waals surface area contributed by atoms with Gasteiger partial charge in [0.25, 0.3) is 0 Å². The Balaban J connectivity index is 1.28. The topological polar surface area (TPSA) is 46.5 Å². The third kappa shape index (κ3) is 3.52. The number of thiophene rings is 1. The van der Waals surface area contributed by atoms with Gasteiger partial charge < -0.3 is 4.98 Å². The smallest absolute Gasteiger partial charge is 0.235 e. The van der Waals surface area contributed by atoms with Crippen molar-refractivity contribution in [2.75, 3.05) is 0 Å². The second-order valence-corrected chi connectivity index (χ2v) is 13.6. The van der Waals surface area contributed by atoms with Crippen LogP contribution in [0.25, 0.3) is 97.8 Å². The zero-order valence-corrected chi connectivity index (χ0v) is 26.1. The molecule has 4 heterocycles. The van der Waals surface area contributed by atoms with E-state index >= 15 is 0 Å². The molecular weight excluding hydrogens is 593 g/mol. The molecule has 0 amide bonds. The first-order chi connectivity index (χ1) is 23.3. The number of allylic oxidation sites excluding steroid dienone is 1. The zero-order chi connectivity index (χ0) is 30.6. The van der Waals surface area contributed by atoms with Crippen molar-refractivity contribution in [2.45, 2.75) is 12.8 Å².